The van der Waals surface area contributed by atoms with Crippen LogP contribution in [0.5, 0.6) is 0 Å². The summed E-state index contributed by atoms with van der Waals surface area (Å²) in [5.74, 6) is 0. The van der Waals surface area contributed by atoms with Gasteiger partial charge in [0.15, 0.2) is 0 Å². The van der Waals surface area contributed by atoms with Crippen molar-refractivity contribution in [3.8, 4) is 0 Å². The molecule has 80 valence electrons. The van der Waals surface area contributed by atoms with E-state index in [1.54, 1.807) is 0 Å². The standard InChI is InChI=1S/C9H13N.C3H9N/c1-8(2)10-9-6-4-3-5-7-9;1-3(2)4/h3-8,10H,1-2H3;3H,4H2,1-2H3. The predicted octanol–water partition coefficient (Wildman–Crippen LogP) is 2.86. The third kappa shape index (κ3) is 9.07. The van der Waals surface area contributed by atoms with Crippen molar-refractivity contribution >= 4 is 5.69 Å². The number of benzene rings is 1. The Kier molecular flexibility index (Phi) is 6.85. The minimum atomic E-state index is 0.333. The zero-order valence-corrected chi connectivity index (χ0v) is 9.62. The smallest absolute Gasteiger partial charge is 0.0342 e. The normalized spacial score (nSPS) is 9.64. The molecule has 0 aliphatic rings. The van der Waals surface area contributed by atoms with E-state index in [2.05, 4.69) is 31.3 Å². The first-order valence-corrected chi connectivity index (χ1v) is 5.09. The Balaban J connectivity index is 0.000000364. The highest BCUT2D eigenvalue weighted by Gasteiger charge is 1.90. The second-order valence-electron chi connectivity index (χ2n) is 3.91. The average molecular weight is 194 g/mol. The van der Waals surface area contributed by atoms with E-state index in [0.717, 1.165) is 0 Å². The number of nitrogens with two attached hydrogens (primary N) is 1. The zero-order valence-electron chi connectivity index (χ0n) is 9.62. The van der Waals surface area contributed by atoms with Crippen LogP contribution in [0.3, 0.4) is 0 Å². The van der Waals surface area contributed by atoms with Crippen molar-refractivity contribution < 1.29 is 0 Å². The molecule has 3 N–H and O–H groups in total. The molecule has 0 fully saturated rings. The Morgan fingerprint density at radius 3 is 1.79 bits per heavy atom. The van der Waals surface area contributed by atoms with Crippen LogP contribution in [0.2, 0.25) is 0 Å². The Labute approximate surface area is 87.5 Å². The molecule has 2 heteroatoms. The number of nitrogens with one attached hydrogen (secondary N) is 1. The monoisotopic (exact) mass is 194 g/mol. The molecule has 0 aliphatic carbocycles. The SMILES string of the molecule is CC(C)N.CC(C)Nc1ccccc1. The summed E-state index contributed by atoms with van der Waals surface area (Å²) in [6, 6.07) is 11.1. The van der Waals surface area contributed by atoms with Crippen molar-refractivity contribution in [2.75, 3.05) is 5.32 Å². The van der Waals surface area contributed by atoms with Gasteiger partial charge in [0.25, 0.3) is 0 Å². The molecule has 0 bridgehead atoms. The topological polar surface area (TPSA) is 38.0 Å². The minimum absolute atomic E-state index is 0.333. The molecular formula is C12H22N2. The van der Waals surface area contributed by atoms with E-state index in [-0.39, 0.29) is 0 Å². The Morgan fingerprint density at radius 2 is 1.43 bits per heavy atom. The molecular weight excluding hydrogens is 172 g/mol. The molecule has 1 rings (SSSR count). The van der Waals surface area contributed by atoms with Crippen molar-refractivity contribution in [3.05, 3.63) is 30.3 Å². The van der Waals surface area contributed by atoms with Crippen molar-refractivity contribution in [2.45, 2.75) is 39.8 Å². The summed E-state index contributed by atoms with van der Waals surface area (Å²) in [6.07, 6.45) is 0. The molecule has 0 saturated carbocycles. The van der Waals surface area contributed by atoms with Crippen LogP contribution in [0.15, 0.2) is 30.3 Å². The van der Waals surface area contributed by atoms with Gasteiger partial charge in [-0.1, -0.05) is 32.0 Å². The third-order valence-corrected chi connectivity index (χ3v) is 1.23. The van der Waals surface area contributed by atoms with Gasteiger partial charge in [0.2, 0.25) is 0 Å². The molecule has 2 nitrogen and oxygen atoms in total. The first-order valence-electron chi connectivity index (χ1n) is 5.09. The lowest BCUT2D eigenvalue weighted by Gasteiger charge is -2.08. The molecule has 0 saturated heterocycles. The second kappa shape index (κ2) is 7.39. The van der Waals surface area contributed by atoms with Gasteiger partial charge in [-0.05, 0) is 32.0 Å². The molecule has 0 atom stereocenters. The highest BCUT2D eigenvalue weighted by molar-refractivity contribution is 5.42. The van der Waals surface area contributed by atoms with Gasteiger partial charge in [0, 0.05) is 11.7 Å². The van der Waals surface area contributed by atoms with E-state index in [4.69, 9.17) is 5.73 Å². The van der Waals surface area contributed by atoms with E-state index in [1.807, 2.05) is 32.0 Å². The summed E-state index contributed by atoms with van der Waals surface area (Å²) in [6.45, 7) is 8.15. The van der Waals surface area contributed by atoms with E-state index in [9.17, 15) is 0 Å². The first-order chi connectivity index (χ1) is 6.52. The molecule has 0 unspecified atom stereocenters. The Hall–Kier alpha value is -1.02. The van der Waals surface area contributed by atoms with Gasteiger partial charge in [-0.3, -0.25) is 0 Å². The number of hydrogen-bond acceptors (Lipinski definition) is 2. The van der Waals surface area contributed by atoms with Crippen LogP contribution < -0.4 is 11.1 Å². The van der Waals surface area contributed by atoms with Crippen LogP contribution in [0.25, 0.3) is 0 Å². The van der Waals surface area contributed by atoms with E-state index in [1.165, 1.54) is 5.69 Å². The number of anilines is 1. The van der Waals surface area contributed by atoms with Gasteiger partial charge in [0.1, 0.15) is 0 Å². The summed E-state index contributed by atoms with van der Waals surface area (Å²) in [5.41, 5.74) is 6.30. The lowest BCUT2D eigenvalue weighted by Crippen LogP contribution is -2.08. The Morgan fingerprint density at radius 1 is 1.00 bits per heavy atom. The quantitative estimate of drug-likeness (QED) is 0.759. The molecule has 0 radical (unpaired) electrons. The van der Waals surface area contributed by atoms with Gasteiger partial charge in [-0.15, -0.1) is 0 Å². The molecule has 0 aliphatic heterocycles. The summed E-state index contributed by atoms with van der Waals surface area (Å²) < 4.78 is 0. The van der Waals surface area contributed by atoms with Crippen molar-refractivity contribution in [2.24, 2.45) is 5.73 Å². The number of hydrogen-bond donors (Lipinski definition) is 2. The highest BCUT2D eigenvalue weighted by atomic mass is 14.9. The van der Waals surface area contributed by atoms with Crippen LogP contribution in [0.4, 0.5) is 5.69 Å². The zero-order chi connectivity index (χ0) is 11.0. The number of rotatable bonds is 2. The maximum absolute atomic E-state index is 5.11. The highest BCUT2D eigenvalue weighted by Crippen LogP contribution is 2.05. The van der Waals surface area contributed by atoms with Crippen LogP contribution in [0.1, 0.15) is 27.7 Å². The fourth-order valence-electron chi connectivity index (χ4n) is 0.868. The van der Waals surface area contributed by atoms with Gasteiger partial charge in [0.05, 0.1) is 0 Å². The Bertz CT molecular complexity index is 214. The fraction of sp³-hybridized carbons (Fsp3) is 0.500. The van der Waals surface area contributed by atoms with Gasteiger partial charge in [-0.25, -0.2) is 0 Å². The maximum Gasteiger partial charge on any atom is 0.0342 e. The summed E-state index contributed by atoms with van der Waals surface area (Å²) in [7, 11) is 0. The van der Waals surface area contributed by atoms with Crippen LogP contribution in [0, 0.1) is 0 Å². The van der Waals surface area contributed by atoms with Gasteiger partial charge < -0.3 is 11.1 Å². The molecule has 0 spiro atoms. The lowest BCUT2D eigenvalue weighted by atomic mass is 10.3. The minimum Gasteiger partial charge on any atom is -0.383 e. The lowest BCUT2D eigenvalue weighted by molar-refractivity contribution is 0.834. The number of para-hydroxylation sites is 1. The molecule has 0 heterocycles. The van der Waals surface area contributed by atoms with E-state index in [0.29, 0.717) is 12.1 Å². The van der Waals surface area contributed by atoms with Gasteiger partial charge >= 0.3 is 0 Å². The largest absolute Gasteiger partial charge is 0.383 e. The van der Waals surface area contributed by atoms with Crippen LogP contribution in [-0.2, 0) is 0 Å². The molecule has 1 aromatic rings. The first kappa shape index (κ1) is 13.0. The summed E-state index contributed by atoms with van der Waals surface area (Å²) in [4.78, 5) is 0. The van der Waals surface area contributed by atoms with Crippen molar-refractivity contribution in [1.29, 1.82) is 0 Å². The van der Waals surface area contributed by atoms with Crippen molar-refractivity contribution in [1.82, 2.24) is 0 Å². The average Bonchev–Trinajstić information content (AvgIpc) is 2.03. The van der Waals surface area contributed by atoms with E-state index >= 15 is 0 Å². The summed E-state index contributed by atoms with van der Waals surface area (Å²) in [5, 5.41) is 3.30. The summed E-state index contributed by atoms with van der Waals surface area (Å²) >= 11 is 0. The van der Waals surface area contributed by atoms with Gasteiger partial charge in [-0.2, -0.15) is 0 Å². The maximum atomic E-state index is 5.11. The molecule has 14 heavy (non-hydrogen) atoms. The van der Waals surface area contributed by atoms with E-state index < -0.39 is 0 Å². The van der Waals surface area contributed by atoms with Crippen LogP contribution in [-0.4, -0.2) is 12.1 Å². The molecule has 1 aromatic carbocycles. The predicted molar refractivity (Wildman–Crippen MR) is 64.5 cm³/mol. The fourth-order valence-corrected chi connectivity index (χ4v) is 0.868. The van der Waals surface area contributed by atoms with Crippen molar-refractivity contribution in [3.63, 3.8) is 0 Å². The molecule has 0 amide bonds. The molecule has 0 aromatic heterocycles. The van der Waals surface area contributed by atoms with Crippen LogP contribution >= 0.6 is 0 Å². The third-order valence-electron chi connectivity index (χ3n) is 1.23. The second-order valence-corrected chi connectivity index (χ2v) is 3.91.